The first-order valence-corrected chi connectivity index (χ1v) is 4.11. The number of allylic oxidation sites excluding steroid dienone is 3. The van der Waals surface area contributed by atoms with Crippen molar-refractivity contribution >= 4 is 0 Å². The lowest BCUT2D eigenvalue weighted by atomic mass is 10.1. The molecule has 0 fully saturated rings. The van der Waals surface area contributed by atoms with Crippen LogP contribution in [0.25, 0.3) is 0 Å². The van der Waals surface area contributed by atoms with Crippen LogP contribution >= 0.6 is 0 Å². The average molecular weight is 152 g/mol. The number of hydrogen-bond acceptors (Lipinski definition) is 0. The van der Waals surface area contributed by atoms with Gasteiger partial charge in [-0.3, -0.25) is 0 Å². The van der Waals surface area contributed by atoms with Crippen molar-refractivity contribution in [1.82, 2.24) is 0 Å². The minimum Gasteiger partial charge on any atom is -0.100 e. The molecule has 0 N–H and O–H groups in total. The highest BCUT2D eigenvalue weighted by molar-refractivity contribution is 5.12. The van der Waals surface area contributed by atoms with Gasteiger partial charge in [0.1, 0.15) is 0 Å². The maximum absolute atomic E-state index is 3.79. The fourth-order valence-electron chi connectivity index (χ4n) is 0.476. The highest BCUT2D eigenvalue weighted by Gasteiger charge is 1.87. The van der Waals surface area contributed by atoms with E-state index in [-0.39, 0.29) is 0 Å². The van der Waals surface area contributed by atoms with E-state index >= 15 is 0 Å². The molecule has 0 aliphatic rings. The summed E-state index contributed by atoms with van der Waals surface area (Å²) in [6.07, 6.45) is 3.83. The summed E-state index contributed by atoms with van der Waals surface area (Å²) in [4.78, 5) is 0. The summed E-state index contributed by atoms with van der Waals surface area (Å²) in [5.74, 6) is 0. The first-order valence-electron chi connectivity index (χ1n) is 4.11. The number of hydrogen-bond donors (Lipinski definition) is 0. The van der Waals surface area contributed by atoms with Gasteiger partial charge in [-0.15, -0.1) is 6.58 Å². The predicted molar refractivity (Wildman–Crippen MR) is 54.7 cm³/mol. The minimum absolute atomic E-state index is 0.999. The fraction of sp³-hybridized carbons (Fsp3) is 0.455. The van der Waals surface area contributed by atoms with Crippen LogP contribution in [0.4, 0.5) is 0 Å². The van der Waals surface area contributed by atoms with Gasteiger partial charge >= 0.3 is 0 Å². The number of rotatable bonds is 4. The van der Waals surface area contributed by atoms with Gasteiger partial charge in [0.25, 0.3) is 0 Å². The SMILES string of the molecule is C=CC(=C)CCC(=C)C.CC. The lowest BCUT2D eigenvalue weighted by molar-refractivity contribution is 0.955. The third-order valence-electron chi connectivity index (χ3n) is 1.16. The molecule has 0 aliphatic heterocycles. The predicted octanol–water partition coefficient (Wildman–Crippen LogP) is 4.11. The molecule has 0 saturated heterocycles. The van der Waals surface area contributed by atoms with E-state index in [1.807, 2.05) is 20.8 Å². The topological polar surface area (TPSA) is 0 Å². The third kappa shape index (κ3) is 12.4. The van der Waals surface area contributed by atoms with Crippen LogP contribution in [0.5, 0.6) is 0 Å². The fourth-order valence-corrected chi connectivity index (χ4v) is 0.476. The van der Waals surface area contributed by atoms with Gasteiger partial charge in [0.2, 0.25) is 0 Å². The lowest BCUT2D eigenvalue weighted by Crippen LogP contribution is -1.77. The Bertz CT molecular complexity index is 129. The molecular weight excluding hydrogens is 132 g/mol. The Hall–Kier alpha value is -0.780. The van der Waals surface area contributed by atoms with Crippen molar-refractivity contribution in [1.29, 1.82) is 0 Å². The Labute approximate surface area is 71.3 Å². The van der Waals surface area contributed by atoms with Gasteiger partial charge in [-0.2, -0.15) is 0 Å². The maximum Gasteiger partial charge on any atom is -0.0248 e. The molecule has 0 saturated carbocycles. The molecule has 0 amide bonds. The second-order valence-electron chi connectivity index (χ2n) is 2.32. The molecule has 0 aliphatic carbocycles. The van der Waals surface area contributed by atoms with Gasteiger partial charge in [0.05, 0.1) is 0 Å². The van der Waals surface area contributed by atoms with Crippen LogP contribution in [-0.2, 0) is 0 Å². The lowest BCUT2D eigenvalue weighted by Gasteiger charge is -1.97. The minimum atomic E-state index is 0.999. The van der Waals surface area contributed by atoms with Gasteiger partial charge in [-0.1, -0.05) is 44.2 Å². The molecule has 0 bridgehead atoms. The summed E-state index contributed by atoms with van der Waals surface area (Å²) in [5, 5.41) is 0. The molecule has 0 aromatic heterocycles. The second-order valence-corrected chi connectivity index (χ2v) is 2.32. The van der Waals surface area contributed by atoms with Crippen LogP contribution < -0.4 is 0 Å². The Morgan fingerprint density at radius 3 is 1.91 bits per heavy atom. The van der Waals surface area contributed by atoms with Crippen LogP contribution in [0.3, 0.4) is 0 Å². The molecule has 0 radical (unpaired) electrons. The summed E-state index contributed by atoms with van der Waals surface area (Å²) in [5.41, 5.74) is 2.30. The summed E-state index contributed by atoms with van der Waals surface area (Å²) in [6, 6.07) is 0. The van der Waals surface area contributed by atoms with Gasteiger partial charge < -0.3 is 0 Å². The molecule has 0 unspecified atom stereocenters. The zero-order valence-corrected chi connectivity index (χ0v) is 8.11. The zero-order valence-electron chi connectivity index (χ0n) is 8.11. The Balaban J connectivity index is 0. The van der Waals surface area contributed by atoms with Crippen LogP contribution in [-0.4, -0.2) is 0 Å². The van der Waals surface area contributed by atoms with Crippen molar-refractivity contribution in [2.24, 2.45) is 0 Å². The molecule has 0 atom stereocenters. The second kappa shape index (κ2) is 9.22. The van der Waals surface area contributed by atoms with E-state index in [2.05, 4.69) is 19.7 Å². The zero-order chi connectivity index (χ0) is 9.28. The quantitative estimate of drug-likeness (QED) is 0.420. The van der Waals surface area contributed by atoms with Crippen LogP contribution in [0.15, 0.2) is 37.0 Å². The van der Waals surface area contributed by atoms with E-state index in [0.29, 0.717) is 0 Å². The molecular formula is C11H20. The summed E-state index contributed by atoms with van der Waals surface area (Å²) in [7, 11) is 0. The van der Waals surface area contributed by atoms with Gasteiger partial charge in [-0.05, 0) is 19.8 Å². The Morgan fingerprint density at radius 1 is 1.18 bits per heavy atom. The molecule has 64 valence electrons. The van der Waals surface area contributed by atoms with Crippen molar-refractivity contribution < 1.29 is 0 Å². The molecule has 0 rings (SSSR count). The van der Waals surface area contributed by atoms with Crippen molar-refractivity contribution in [3.05, 3.63) is 37.0 Å². The van der Waals surface area contributed by atoms with E-state index in [9.17, 15) is 0 Å². The standard InChI is InChI=1S/C9H14.C2H6/c1-5-9(4)7-6-8(2)3;1-2/h5H,1-2,4,6-7H2,3H3;1-2H3. The largest absolute Gasteiger partial charge is 0.100 e. The summed E-state index contributed by atoms with van der Waals surface area (Å²) < 4.78 is 0. The first-order chi connectivity index (χ1) is 5.16. The molecule has 11 heavy (non-hydrogen) atoms. The molecule has 0 spiro atoms. The average Bonchev–Trinajstić information content (AvgIpc) is 2.04. The van der Waals surface area contributed by atoms with E-state index in [0.717, 1.165) is 18.4 Å². The molecule has 0 heterocycles. The summed E-state index contributed by atoms with van der Waals surface area (Å²) in [6.45, 7) is 17.2. The monoisotopic (exact) mass is 152 g/mol. The van der Waals surface area contributed by atoms with E-state index in [1.165, 1.54) is 5.57 Å². The Morgan fingerprint density at radius 2 is 1.64 bits per heavy atom. The Kier molecular flexibility index (Phi) is 10.8. The van der Waals surface area contributed by atoms with Gasteiger partial charge in [0.15, 0.2) is 0 Å². The normalized spacial score (nSPS) is 7.55. The van der Waals surface area contributed by atoms with Crippen molar-refractivity contribution in [2.45, 2.75) is 33.6 Å². The van der Waals surface area contributed by atoms with Crippen molar-refractivity contribution in [2.75, 3.05) is 0 Å². The molecule has 0 nitrogen and oxygen atoms in total. The highest BCUT2D eigenvalue weighted by Crippen LogP contribution is 2.07. The van der Waals surface area contributed by atoms with E-state index < -0.39 is 0 Å². The molecule has 0 aromatic carbocycles. The summed E-state index contributed by atoms with van der Waals surface area (Å²) >= 11 is 0. The highest BCUT2D eigenvalue weighted by atomic mass is 13.9. The maximum atomic E-state index is 3.79. The van der Waals surface area contributed by atoms with E-state index in [1.54, 1.807) is 6.08 Å². The van der Waals surface area contributed by atoms with Crippen LogP contribution in [0.2, 0.25) is 0 Å². The van der Waals surface area contributed by atoms with Gasteiger partial charge in [0, 0.05) is 0 Å². The van der Waals surface area contributed by atoms with Gasteiger partial charge in [-0.25, -0.2) is 0 Å². The van der Waals surface area contributed by atoms with Crippen molar-refractivity contribution in [3.8, 4) is 0 Å². The van der Waals surface area contributed by atoms with Crippen LogP contribution in [0.1, 0.15) is 33.6 Å². The van der Waals surface area contributed by atoms with Crippen LogP contribution in [0, 0.1) is 0 Å². The van der Waals surface area contributed by atoms with Crippen molar-refractivity contribution in [3.63, 3.8) is 0 Å². The first kappa shape index (κ1) is 12.9. The molecule has 0 aromatic rings. The third-order valence-corrected chi connectivity index (χ3v) is 1.16. The molecule has 0 heteroatoms. The smallest absolute Gasteiger partial charge is 0.0248 e. The van der Waals surface area contributed by atoms with E-state index in [4.69, 9.17) is 0 Å².